The summed E-state index contributed by atoms with van der Waals surface area (Å²) < 4.78 is 31.8. The fourth-order valence-corrected chi connectivity index (χ4v) is 3.40. The summed E-state index contributed by atoms with van der Waals surface area (Å²) in [7, 11) is -3.51. The number of nitrogens with zero attached hydrogens (tertiary/aromatic N) is 1. The fourth-order valence-electron chi connectivity index (χ4n) is 1.80. The highest BCUT2D eigenvalue weighted by Gasteiger charge is 2.26. The normalized spacial score (nSPS) is 12.0. The van der Waals surface area contributed by atoms with E-state index in [2.05, 4.69) is 11.9 Å². The van der Waals surface area contributed by atoms with Gasteiger partial charge in [0.2, 0.25) is 10.0 Å². The highest BCUT2D eigenvalue weighted by molar-refractivity contribution is 7.89. The number of rotatable bonds is 8. The van der Waals surface area contributed by atoms with Crippen LogP contribution in [0.3, 0.4) is 0 Å². The molecule has 6 heteroatoms. The molecule has 0 aliphatic heterocycles. The van der Waals surface area contributed by atoms with Crippen molar-refractivity contribution < 1.29 is 12.8 Å². The van der Waals surface area contributed by atoms with Gasteiger partial charge in [-0.25, -0.2) is 8.42 Å². The summed E-state index contributed by atoms with van der Waals surface area (Å²) in [4.78, 5) is 0.240. The molecule has 1 aromatic rings. The number of hydrogen-bond donors (Lipinski definition) is 1. The molecular weight excluding hydrogens is 264 g/mol. The Kier molecular flexibility index (Phi) is 5.78. The van der Waals surface area contributed by atoms with Crippen molar-refractivity contribution in [3.8, 4) is 0 Å². The standard InChI is InChI=1S/C13H22N2O3S/c1-5-8-15(7-3)19(16,17)13-9-12(10-14-6-2)18-11(13)4/h5,9,14H,1,6-8,10H2,2-4H3. The van der Waals surface area contributed by atoms with E-state index in [1.54, 1.807) is 26.0 Å². The van der Waals surface area contributed by atoms with Crippen LogP contribution in [0.4, 0.5) is 0 Å². The van der Waals surface area contributed by atoms with Gasteiger partial charge in [-0.05, 0) is 13.5 Å². The van der Waals surface area contributed by atoms with Gasteiger partial charge in [-0.2, -0.15) is 4.31 Å². The van der Waals surface area contributed by atoms with Crippen molar-refractivity contribution in [3.05, 3.63) is 30.2 Å². The fraction of sp³-hybridized carbons (Fsp3) is 0.538. The van der Waals surface area contributed by atoms with Crippen molar-refractivity contribution in [3.63, 3.8) is 0 Å². The van der Waals surface area contributed by atoms with Crippen LogP contribution in [0, 0.1) is 6.92 Å². The zero-order chi connectivity index (χ0) is 14.5. The van der Waals surface area contributed by atoms with Crippen LogP contribution >= 0.6 is 0 Å². The highest BCUT2D eigenvalue weighted by Crippen LogP contribution is 2.23. The summed E-state index contributed by atoms with van der Waals surface area (Å²) in [5.41, 5.74) is 0. The van der Waals surface area contributed by atoms with Gasteiger partial charge in [-0.15, -0.1) is 6.58 Å². The van der Waals surface area contributed by atoms with E-state index < -0.39 is 10.0 Å². The Hall–Kier alpha value is -1.11. The van der Waals surface area contributed by atoms with Crippen LogP contribution in [0.25, 0.3) is 0 Å². The second-order valence-corrected chi connectivity index (χ2v) is 6.06. The lowest BCUT2D eigenvalue weighted by molar-refractivity contribution is 0.446. The smallest absolute Gasteiger partial charge is 0.246 e. The molecule has 0 aromatic carbocycles. The molecular formula is C13H22N2O3S. The first kappa shape index (κ1) is 15.9. The minimum Gasteiger partial charge on any atom is -0.464 e. The molecule has 0 bridgehead atoms. The van der Waals surface area contributed by atoms with Crippen LogP contribution in [0.15, 0.2) is 28.0 Å². The Balaban J connectivity index is 3.06. The van der Waals surface area contributed by atoms with Crippen LogP contribution in [-0.2, 0) is 16.6 Å². The van der Waals surface area contributed by atoms with Crippen molar-refractivity contribution in [1.29, 1.82) is 0 Å². The Morgan fingerprint density at radius 2 is 2.16 bits per heavy atom. The maximum atomic E-state index is 12.5. The van der Waals surface area contributed by atoms with Gasteiger partial charge in [-0.3, -0.25) is 0 Å². The number of furan rings is 1. The lowest BCUT2D eigenvalue weighted by Gasteiger charge is -2.17. The van der Waals surface area contributed by atoms with Gasteiger partial charge < -0.3 is 9.73 Å². The van der Waals surface area contributed by atoms with Gasteiger partial charge in [0.15, 0.2) is 0 Å². The number of aryl methyl sites for hydroxylation is 1. The molecule has 0 unspecified atom stereocenters. The summed E-state index contributed by atoms with van der Waals surface area (Å²) in [6, 6.07) is 1.60. The van der Waals surface area contributed by atoms with E-state index in [4.69, 9.17) is 4.42 Å². The molecule has 1 N–H and O–H groups in total. The second-order valence-electron chi connectivity index (χ2n) is 4.16. The Morgan fingerprint density at radius 1 is 1.47 bits per heavy atom. The van der Waals surface area contributed by atoms with Crippen molar-refractivity contribution in [2.75, 3.05) is 19.6 Å². The van der Waals surface area contributed by atoms with Gasteiger partial charge in [0.1, 0.15) is 16.4 Å². The number of sulfonamides is 1. The van der Waals surface area contributed by atoms with E-state index in [0.29, 0.717) is 31.2 Å². The predicted octanol–water partition coefficient (Wildman–Crippen LogP) is 1.89. The molecule has 0 saturated heterocycles. The average molecular weight is 286 g/mol. The first-order valence-corrected chi connectivity index (χ1v) is 7.82. The number of nitrogens with one attached hydrogen (secondary N) is 1. The molecule has 0 spiro atoms. The van der Waals surface area contributed by atoms with Crippen LogP contribution in [-0.4, -0.2) is 32.4 Å². The molecule has 0 radical (unpaired) electrons. The van der Waals surface area contributed by atoms with E-state index in [1.165, 1.54) is 4.31 Å². The zero-order valence-corrected chi connectivity index (χ0v) is 12.6. The Labute approximate surface area is 115 Å². The lowest BCUT2D eigenvalue weighted by atomic mass is 10.4. The van der Waals surface area contributed by atoms with Gasteiger partial charge in [0.25, 0.3) is 0 Å². The summed E-state index contributed by atoms with van der Waals surface area (Å²) in [6.07, 6.45) is 1.58. The minimum atomic E-state index is -3.51. The van der Waals surface area contributed by atoms with E-state index in [-0.39, 0.29) is 4.90 Å². The van der Waals surface area contributed by atoms with Crippen LogP contribution in [0.2, 0.25) is 0 Å². The largest absolute Gasteiger partial charge is 0.464 e. The third-order valence-corrected chi connectivity index (χ3v) is 4.82. The van der Waals surface area contributed by atoms with Crippen LogP contribution < -0.4 is 5.32 Å². The monoisotopic (exact) mass is 286 g/mol. The van der Waals surface area contributed by atoms with Crippen LogP contribution in [0.1, 0.15) is 25.4 Å². The quantitative estimate of drug-likeness (QED) is 0.741. The van der Waals surface area contributed by atoms with Crippen molar-refractivity contribution >= 4 is 10.0 Å². The molecule has 0 saturated carbocycles. The van der Waals surface area contributed by atoms with Crippen molar-refractivity contribution in [2.24, 2.45) is 0 Å². The summed E-state index contributed by atoms with van der Waals surface area (Å²) in [5.74, 6) is 1.06. The van der Waals surface area contributed by atoms with E-state index in [0.717, 1.165) is 6.54 Å². The first-order valence-electron chi connectivity index (χ1n) is 6.38. The van der Waals surface area contributed by atoms with E-state index in [9.17, 15) is 8.42 Å². The maximum absolute atomic E-state index is 12.5. The molecule has 1 rings (SSSR count). The SMILES string of the molecule is C=CCN(CC)S(=O)(=O)c1cc(CNCC)oc1C. The molecule has 1 aromatic heterocycles. The number of hydrogen-bond acceptors (Lipinski definition) is 4. The number of likely N-dealkylation sites (N-methyl/N-ethyl adjacent to an activating group) is 1. The van der Waals surface area contributed by atoms with Gasteiger partial charge in [0, 0.05) is 19.2 Å². The van der Waals surface area contributed by atoms with Gasteiger partial charge >= 0.3 is 0 Å². The maximum Gasteiger partial charge on any atom is 0.246 e. The molecule has 0 amide bonds. The Morgan fingerprint density at radius 3 is 2.68 bits per heavy atom. The predicted molar refractivity (Wildman–Crippen MR) is 75.5 cm³/mol. The summed E-state index contributed by atoms with van der Waals surface area (Å²) in [6.45, 7) is 11.1. The summed E-state index contributed by atoms with van der Waals surface area (Å²) >= 11 is 0. The average Bonchev–Trinajstić information content (AvgIpc) is 2.75. The van der Waals surface area contributed by atoms with Crippen LogP contribution in [0.5, 0.6) is 0 Å². The Bertz CT molecular complexity index is 520. The molecule has 0 aliphatic rings. The van der Waals surface area contributed by atoms with E-state index >= 15 is 0 Å². The molecule has 5 nitrogen and oxygen atoms in total. The molecule has 0 atom stereocenters. The topological polar surface area (TPSA) is 62.6 Å². The molecule has 19 heavy (non-hydrogen) atoms. The third kappa shape index (κ3) is 3.68. The van der Waals surface area contributed by atoms with Gasteiger partial charge in [0.05, 0.1) is 6.54 Å². The lowest BCUT2D eigenvalue weighted by Crippen LogP contribution is -2.31. The highest BCUT2D eigenvalue weighted by atomic mass is 32.2. The molecule has 0 aliphatic carbocycles. The third-order valence-electron chi connectivity index (χ3n) is 2.78. The van der Waals surface area contributed by atoms with Crippen molar-refractivity contribution in [2.45, 2.75) is 32.2 Å². The van der Waals surface area contributed by atoms with Gasteiger partial charge in [-0.1, -0.05) is 19.9 Å². The zero-order valence-electron chi connectivity index (χ0n) is 11.8. The van der Waals surface area contributed by atoms with Crippen molar-refractivity contribution in [1.82, 2.24) is 9.62 Å². The summed E-state index contributed by atoms with van der Waals surface area (Å²) in [5, 5.41) is 3.11. The van der Waals surface area contributed by atoms with E-state index in [1.807, 2.05) is 6.92 Å². The second kappa shape index (κ2) is 6.88. The molecule has 108 valence electrons. The first-order chi connectivity index (χ1) is 8.97. The molecule has 1 heterocycles. The minimum absolute atomic E-state index is 0.240. The molecule has 0 fully saturated rings.